The predicted octanol–water partition coefficient (Wildman–Crippen LogP) is 1.53. The summed E-state index contributed by atoms with van der Waals surface area (Å²) in [5.74, 6) is 0.717. The second-order valence-corrected chi connectivity index (χ2v) is 3.13. The van der Waals surface area contributed by atoms with Gasteiger partial charge < -0.3 is 10.5 Å². The first-order chi connectivity index (χ1) is 7.06. The summed E-state index contributed by atoms with van der Waals surface area (Å²) in [6.45, 7) is 1.67. The molecule has 5 heteroatoms. The lowest BCUT2D eigenvalue weighted by Crippen LogP contribution is -2.34. The van der Waals surface area contributed by atoms with Crippen LogP contribution in [0.3, 0.4) is 0 Å². The number of nitrogens with zero attached hydrogens (tertiary/aromatic N) is 1. The molecule has 1 atom stereocenters. The molecule has 0 bridgehead atoms. The number of nitrogens with two attached hydrogens (primary N) is 1. The summed E-state index contributed by atoms with van der Waals surface area (Å²) >= 11 is 0. The van der Waals surface area contributed by atoms with Crippen LogP contribution >= 0.6 is 0 Å². The minimum Gasteiger partial charge on any atom is -0.497 e. The number of amides is 2. The maximum absolute atomic E-state index is 10.7. The molecule has 3 N–H and O–H groups in total. The van der Waals surface area contributed by atoms with Crippen molar-refractivity contribution in [2.24, 2.45) is 5.73 Å². The summed E-state index contributed by atoms with van der Waals surface area (Å²) in [6.07, 6.45) is 0. The van der Waals surface area contributed by atoms with Gasteiger partial charge in [0.05, 0.1) is 13.2 Å². The molecule has 0 aliphatic rings. The van der Waals surface area contributed by atoms with Gasteiger partial charge in [-0.3, -0.25) is 5.21 Å². The number of hydroxylamine groups is 2. The zero-order valence-corrected chi connectivity index (χ0v) is 8.68. The van der Waals surface area contributed by atoms with Gasteiger partial charge in [0, 0.05) is 0 Å². The molecule has 2 amide bonds. The Kier molecular flexibility index (Phi) is 3.51. The van der Waals surface area contributed by atoms with Gasteiger partial charge in [-0.1, -0.05) is 12.1 Å². The Bertz CT molecular complexity index is 337. The molecule has 0 radical (unpaired) electrons. The zero-order chi connectivity index (χ0) is 11.4. The highest BCUT2D eigenvalue weighted by Crippen LogP contribution is 2.20. The van der Waals surface area contributed by atoms with Crippen LogP contribution in [-0.2, 0) is 0 Å². The summed E-state index contributed by atoms with van der Waals surface area (Å²) < 4.78 is 4.99. The quantitative estimate of drug-likeness (QED) is 0.586. The normalized spacial score (nSPS) is 11.9. The summed E-state index contributed by atoms with van der Waals surface area (Å²) in [6, 6.07) is 5.67. The lowest BCUT2D eigenvalue weighted by atomic mass is 10.1. The maximum Gasteiger partial charge on any atom is 0.339 e. The molecule has 1 rings (SSSR count). The van der Waals surface area contributed by atoms with Crippen LogP contribution in [0.4, 0.5) is 4.79 Å². The fraction of sp³-hybridized carbons (Fsp3) is 0.300. The molecule has 0 aliphatic heterocycles. The lowest BCUT2D eigenvalue weighted by Gasteiger charge is -2.20. The van der Waals surface area contributed by atoms with Gasteiger partial charge in [-0.15, -0.1) is 0 Å². The monoisotopic (exact) mass is 210 g/mol. The van der Waals surface area contributed by atoms with Crippen molar-refractivity contribution in [1.29, 1.82) is 0 Å². The molecule has 1 aromatic rings. The maximum atomic E-state index is 10.7. The first kappa shape index (κ1) is 11.3. The number of ether oxygens (including phenoxy) is 1. The highest BCUT2D eigenvalue weighted by molar-refractivity contribution is 5.71. The molecule has 1 unspecified atom stereocenters. The fourth-order valence-electron chi connectivity index (χ4n) is 1.21. The van der Waals surface area contributed by atoms with Crippen LogP contribution in [0.2, 0.25) is 0 Å². The molecule has 0 aromatic heterocycles. The van der Waals surface area contributed by atoms with Crippen LogP contribution in [0, 0.1) is 0 Å². The minimum atomic E-state index is -0.877. The summed E-state index contributed by atoms with van der Waals surface area (Å²) in [5.41, 5.74) is 5.72. The van der Waals surface area contributed by atoms with Crippen molar-refractivity contribution >= 4 is 6.03 Å². The average Bonchev–Trinajstić information content (AvgIpc) is 2.27. The Labute approximate surface area is 88.0 Å². The van der Waals surface area contributed by atoms with Crippen LogP contribution in [0.15, 0.2) is 24.3 Å². The second-order valence-electron chi connectivity index (χ2n) is 3.13. The molecule has 0 fully saturated rings. The highest BCUT2D eigenvalue weighted by atomic mass is 16.5. The van der Waals surface area contributed by atoms with E-state index in [1.165, 1.54) is 0 Å². The molecular weight excluding hydrogens is 196 g/mol. The van der Waals surface area contributed by atoms with Crippen LogP contribution in [0.5, 0.6) is 5.75 Å². The van der Waals surface area contributed by atoms with Crippen molar-refractivity contribution in [3.05, 3.63) is 29.8 Å². The van der Waals surface area contributed by atoms with Gasteiger partial charge in [0.2, 0.25) is 0 Å². The summed E-state index contributed by atoms with van der Waals surface area (Å²) in [4.78, 5) is 10.7. The van der Waals surface area contributed by atoms with Gasteiger partial charge >= 0.3 is 6.03 Å². The Balaban J connectivity index is 2.82. The second kappa shape index (κ2) is 4.65. The van der Waals surface area contributed by atoms with Gasteiger partial charge in [-0.25, -0.2) is 4.79 Å². The first-order valence-corrected chi connectivity index (χ1v) is 4.47. The van der Waals surface area contributed by atoms with E-state index in [1.54, 1.807) is 38.3 Å². The van der Waals surface area contributed by atoms with Crippen LogP contribution in [0.1, 0.15) is 18.5 Å². The van der Waals surface area contributed by atoms with E-state index in [9.17, 15) is 10.0 Å². The number of carbonyl (C=O) groups is 1. The Morgan fingerprint density at radius 2 is 2.00 bits per heavy atom. The Morgan fingerprint density at radius 1 is 1.47 bits per heavy atom. The molecule has 1 aromatic carbocycles. The van der Waals surface area contributed by atoms with Crippen LogP contribution in [-0.4, -0.2) is 23.4 Å². The third-order valence-electron chi connectivity index (χ3n) is 2.19. The van der Waals surface area contributed by atoms with Crippen molar-refractivity contribution in [2.75, 3.05) is 7.11 Å². The van der Waals surface area contributed by atoms with Crippen molar-refractivity contribution in [3.8, 4) is 5.75 Å². The van der Waals surface area contributed by atoms with Crippen molar-refractivity contribution in [1.82, 2.24) is 5.06 Å². The van der Waals surface area contributed by atoms with Gasteiger partial charge in [-0.05, 0) is 24.6 Å². The number of benzene rings is 1. The van der Waals surface area contributed by atoms with E-state index < -0.39 is 12.1 Å². The fourth-order valence-corrected chi connectivity index (χ4v) is 1.21. The molecule has 0 spiro atoms. The van der Waals surface area contributed by atoms with E-state index in [2.05, 4.69) is 0 Å². The van der Waals surface area contributed by atoms with E-state index in [1.807, 2.05) is 0 Å². The molecule has 0 aliphatic carbocycles. The first-order valence-electron chi connectivity index (χ1n) is 4.47. The van der Waals surface area contributed by atoms with Crippen molar-refractivity contribution in [2.45, 2.75) is 13.0 Å². The molecule has 0 heterocycles. The molecule has 15 heavy (non-hydrogen) atoms. The van der Waals surface area contributed by atoms with E-state index in [4.69, 9.17) is 10.5 Å². The van der Waals surface area contributed by atoms with Crippen molar-refractivity contribution < 1.29 is 14.7 Å². The molecule has 0 saturated heterocycles. The van der Waals surface area contributed by atoms with E-state index in [0.717, 1.165) is 11.3 Å². The van der Waals surface area contributed by atoms with Crippen molar-refractivity contribution in [3.63, 3.8) is 0 Å². The highest BCUT2D eigenvalue weighted by Gasteiger charge is 2.16. The third kappa shape index (κ3) is 2.60. The average molecular weight is 210 g/mol. The number of methoxy groups -OCH3 is 1. The van der Waals surface area contributed by atoms with E-state index in [0.29, 0.717) is 5.06 Å². The smallest absolute Gasteiger partial charge is 0.339 e. The minimum absolute atomic E-state index is 0.478. The summed E-state index contributed by atoms with van der Waals surface area (Å²) in [5, 5.41) is 9.79. The van der Waals surface area contributed by atoms with Crippen LogP contribution < -0.4 is 10.5 Å². The van der Waals surface area contributed by atoms with E-state index in [-0.39, 0.29) is 0 Å². The number of hydrogen-bond donors (Lipinski definition) is 2. The zero-order valence-electron chi connectivity index (χ0n) is 8.68. The SMILES string of the molecule is COc1ccc(C(C)N(O)C(N)=O)cc1. The lowest BCUT2D eigenvalue weighted by molar-refractivity contribution is -0.0710. The molecular formula is C10H14N2O3. The molecule has 82 valence electrons. The number of hydrogen-bond acceptors (Lipinski definition) is 3. The third-order valence-corrected chi connectivity index (χ3v) is 2.19. The number of rotatable bonds is 3. The topological polar surface area (TPSA) is 75.8 Å². The van der Waals surface area contributed by atoms with Gasteiger partial charge in [0.25, 0.3) is 0 Å². The standard InChI is InChI=1S/C10H14N2O3/c1-7(12(14)10(11)13)8-3-5-9(15-2)6-4-8/h3-7,14H,1-2H3,(H2,11,13). The van der Waals surface area contributed by atoms with Crippen LogP contribution in [0.25, 0.3) is 0 Å². The predicted molar refractivity (Wildman–Crippen MR) is 54.6 cm³/mol. The largest absolute Gasteiger partial charge is 0.497 e. The Hall–Kier alpha value is -1.75. The molecule has 0 saturated carbocycles. The van der Waals surface area contributed by atoms with Gasteiger partial charge in [0.15, 0.2) is 0 Å². The number of carbonyl (C=O) groups excluding carboxylic acids is 1. The van der Waals surface area contributed by atoms with E-state index >= 15 is 0 Å². The van der Waals surface area contributed by atoms with Gasteiger partial charge in [0.1, 0.15) is 5.75 Å². The summed E-state index contributed by atoms with van der Waals surface area (Å²) in [7, 11) is 1.57. The number of primary amides is 1. The molecule has 5 nitrogen and oxygen atoms in total. The van der Waals surface area contributed by atoms with Gasteiger partial charge in [-0.2, -0.15) is 5.06 Å². The Morgan fingerprint density at radius 3 is 2.40 bits per heavy atom. The number of urea groups is 1.